The summed E-state index contributed by atoms with van der Waals surface area (Å²) in [5.41, 5.74) is 7.42. The summed E-state index contributed by atoms with van der Waals surface area (Å²) in [6.45, 7) is 1.44. The Morgan fingerprint density at radius 1 is 1.00 bits per heavy atom. The third-order valence-electron chi connectivity index (χ3n) is 5.93. The van der Waals surface area contributed by atoms with Gasteiger partial charge in [0.15, 0.2) is 0 Å². The fourth-order valence-electron chi connectivity index (χ4n) is 4.16. The summed E-state index contributed by atoms with van der Waals surface area (Å²) in [5.74, 6) is 0.732. The summed E-state index contributed by atoms with van der Waals surface area (Å²) in [5, 5.41) is 11.0. The third-order valence-corrected chi connectivity index (χ3v) is 6.83. The van der Waals surface area contributed by atoms with Crippen LogP contribution in [0.4, 0.5) is 0 Å². The maximum Gasteiger partial charge on any atom is 0.138 e. The Balaban J connectivity index is 1.38. The van der Waals surface area contributed by atoms with E-state index in [1.165, 1.54) is 15.8 Å². The standard InChI is InChI=1S/C27H24N6OS/c1-33(2)10-11-34-18-13-17(15-28-16-18)21-8-9-23-26(30-21)27(32-31-23)24-14-20-19(25-7-4-12-35-25)5-3-6-22(20)29-24/h3-9,12-16,29H,10-11H2,1-2H3,(H,31,32). The lowest BCUT2D eigenvalue weighted by Gasteiger charge is -2.11. The largest absolute Gasteiger partial charge is 0.491 e. The van der Waals surface area contributed by atoms with Crippen LogP contribution >= 0.6 is 11.3 Å². The molecule has 6 aromatic rings. The van der Waals surface area contributed by atoms with E-state index in [4.69, 9.17) is 9.72 Å². The number of pyridine rings is 2. The zero-order chi connectivity index (χ0) is 23.8. The first-order chi connectivity index (χ1) is 17.2. The molecule has 0 aliphatic heterocycles. The topological polar surface area (TPSA) is 82.7 Å². The molecule has 0 aliphatic rings. The number of benzene rings is 1. The van der Waals surface area contributed by atoms with Crippen molar-refractivity contribution in [1.29, 1.82) is 0 Å². The number of fused-ring (bicyclic) bond motifs is 2. The van der Waals surface area contributed by atoms with Crippen LogP contribution in [0.3, 0.4) is 0 Å². The highest BCUT2D eigenvalue weighted by Gasteiger charge is 2.16. The van der Waals surface area contributed by atoms with Crippen LogP contribution in [0, 0.1) is 0 Å². The number of hydrogen-bond donors (Lipinski definition) is 2. The van der Waals surface area contributed by atoms with Crippen molar-refractivity contribution < 1.29 is 4.74 Å². The molecule has 0 fully saturated rings. The van der Waals surface area contributed by atoms with Crippen molar-refractivity contribution in [2.24, 2.45) is 0 Å². The van der Waals surface area contributed by atoms with E-state index < -0.39 is 0 Å². The third kappa shape index (κ3) is 4.18. The minimum absolute atomic E-state index is 0.602. The van der Waals surface area contributed by atoms with Crippen LogP contribution in [-0.2, 0) is 0 Å². The van der Waals surface area contributed by atoms with Gasteiger partial charge in [0.2, 0.25) is 0 Å². The molecular formula is C27H24N6OS. The van der Waals surface area contributed by atoms with Crippen molar-refractivity contribution in [2.45, 2.75) is 0 Å². The molecule has 0 atom stereocenters. The lowest BCUT2D eigenvalue weighted by Crippen LogP contribution is -2.19. The first-order valence-electron chi connectivity index (χ1n) is 11.4. The number of thiophene rings is 1. The van der Waals surface area contributed by atoms with Crippen LogP contribution in [-0.4, -0.2) is 57.3 Å². The van der Waals surface area contributed by atoms with Gasteiger partial charge in [0, 0.05) is 39.6 Å². The molecule has 0 aliphatic carbocycles. The summed E-state index contributed by atoms with van der Waals surface area (Å²) in [6, 6.07) is 18.7. The van der Waals surface area contributed by atoms with Crippen molar-refractivity contribution in [3.63, 3.8) is 0 Å². The predicted octanol–water partition coefficient (Wildman–Crippen LogP) is 5.84. The van der Waals surface area contributed by atoms with Crippen LogP contribution in [0.5, 0.6) is 5.75 Å². The van der Waals surface area contributed by atoms with Gasteiger partial charge in [-0.05, 0) is 55.9 Å². The van der Waals surface area contributed by atoms with Crippen molar-refractivity contribution >= 4 is 33.3 Å². The summed E-state index contributed by atoms with van der Waals surface area (Å²) in [7, 11) is 4.05. The van der Waals surface area contributed by atoms with Crippen LogP contribution in [0.15, 0.2) is 72.4 Å². The number of aromatic amines is 2. The molecule has 0 radical (unpaired) electrons. The van der Waals surface area contributed by atoms with E-state index in [1.807, 2.05) is 38.5 Å². The van der Waals surface area contributed by atoms with Crippen molar-refractivity contribution in [3.05, 3.63) is 72.4 Å². The molecule has 7 nitrogen and oxygen atoms in total. The van der Waals surface area contributed by atoms with E-state index in [0.717, 1.165) is 51.5 Å². The van der Waals surface area contributed by atoms with E-state index in [2.05, 4.69) is 66.8 Å². The van der Waals surface area contributed by atoms with E-state index >= 15 is 0 Å². The minimum Gasteiger partial charge on any atom is -0.491 e. The average molecular weight is 481 g/mol. The monoisotopic (exact) mass is 480 g/mol. The van der Waals surface area contributed by atoms with Gasteiger partial charge in [-0.15, -0.1) is 11.3 Å². The van der Waals surface area contributed by atoms with Gasteiger partial charge in [0.05, 0.1) is 23.1 Å². The molecule has 35 heavy (non-hydrogen) atoms. The van der Waals surface area contributed by atoms with Gasteiger partial charge in [0.1, 0.15) is 23.6 Å². The molecule has 5 heterocycles. The number of ether oxygens (including phenoxy) is 1. The number of aromatic nitrogens is 5. The molecule has 6 rings (SSSR count). The Hall–Kier alpha value is -4.01. The molecule has 0 amide bonds. The van der Waals surface area contributed by atoms with E-state index in [0.29, 0.717) is 6.61 Å². The van der Waals surface area contributed by atoms with Gasteiger partial charge in [-0.1, -0.05) is 18.2 Å². The first kappa shape index (κ1) is 21.5. The summed E-state index contributed by atoms with van der Waals surface area (Å²) >= 11 is 1.74. The Morgan fingerprint density at radius 2 is 1.94 bits per heavy atom. The van der Waals surface area contributed by atoms with E-state index in [9.17, 15) is 0 Å². The summed E-state index contributed by atoms with van der Waals surface area (Å²) < 4.78 is 5.87. The molecule has 174 valence electrons. The van der Waals surface area contributed by atoms with E-state index in [1.54, 1.807) is 17.5 Å². The number of H-pyrrole nitrogens is 2. The van der Waals surface area contributed by atoms with E-state index in [-0.39, 0.29) is 0 Å². The second-order valence-corrected chi connectivity index (χ2v) is 9.60. The first-order valence-corrected chi connectivity index (χ1v) is 12.3. The summed E-state index contributed by atoms with van der Waals surface area (Å²) in [4.78, 5) is 16.2. The molecule has 1 aromatic carbocycles. The second kappa shape index (κ2) is 8.98. The maximum atomic E-state index is 5.87. The van der Waals surface area contributed by atoms with Crippen LogP contribution < -0.4 is 4.74 Å². The highest BCUT2D eigenvalue weighted by Crippen LogP contribution is 2.35. The lowest BCUT2D eigenvalue weighted by atomic mass is 10.1. The van der Waals surface area contributed by atoms with Gasteiger partial charge in [0.25, 0.3) is 0 Å². The van der Waals surface area contributed by atoms with Crippen LogP contribution in [0.25, 0.3) is 55.0 Å². The fraction of sp³-hybridized carbons (Fsp3) is 0.148. The zero-order valence-corrected chi connectivity index (χ0v) is 20.3. The van der Waals surface area contributed by atoms with Gasteiger partial charge >= 0.3 is 0 Å². The van der Waals surface area contributed by atoms with Gasteiger partial charge < -0.3 is 14.6 Å². The Morgan fingerprint density at radius 3 is 2.80 bits per heavy atom. The normalized spacial score (nSPS) is 11.6. The van der Waals surface area contributed by atoms with Gasteiger partial charge in [-0.25, -0.2) is 4.98 Å². The van der Waals surface area contributed by atoms with Gasteiger partial charge in [-0.3, -0.25) is 10.1 Å². The predicted molar refractivity (Wildman–Crippen MR) is 142 cm³/mol. The molecule has 2 N–H and O–H groups in total. The van der Waals surface area contributed by atoms with Crippen molar-refractivity contribution in [3.8, 4) is 38.8 Å². The molecule has 0 saturated carbocycles. The summed E-state index contributed by atoms with van der Waals surface area (Å²) in [6.07, 6.45) is 3.54. The molecule has 0 unspecified atom stereocenters. The highest BCUT2D eigenvalue weighted by molar-refractivity contribution is 7.13. The maximum absolute atomic E-state index is 5.87. The number of nitrogens with zero attached hydrogens (tertiary/aromatic N) is 4. The Labute approximate surface area is 206 Å². The number of hydrogen-bond acceptors (Lipinski definition) is 6. The van der Waals surface area contributed by atoms with Gasteiger partial charge in [-0.2, -0.15) is 5.10 Å². The zero-order valence-electron chi connectivity index (χ0n) is 19.4. The molecule has 0 saturated heterocycles. The Bertz CT molecular complexity index is 1620. The molecule has 5 aromatic heterocycles. The average Bonchev–Trinajstić information content (AvgIpc) is 3.62. The van der Waals surface area contributed by atoms with Crippen molar-refractivity contribution in [1.82, 2.24) is 30.0 Å². The fourth-order valence-corrected chi connectivity index (χ4v) is 4.93. The molecule has 0 spiro atoms. The smallest absolute Gasteiger partial charge is 0.138 e. The highest BCUT2D eigenvalue weighted by atomic mass is 32.1. The van der Waals surface area contributed by atoms with Crippen LogP contribution in [0.1, 0.15) is 0 Å². The SMILES string of the molecule is CN(C)CCOc1cncc(-c2ccc3[nH]nc(-c4cc5c(-c6cccs6)cccc5[nH]4)c3n2)c1. The molecular weight excluding hydrogens is 456 g/mol. The van der Waals surface area contributed by atoms with Crippen molar-refractivity contribution in [2.75, 3.05) is 27.2 Å². The molecule has 0 bridgehead atoms. The minimum atomic E-state index is 0.602. The number of rotatable bonds is 7. The van der Waals surface area contributed by atoms with Crippen LogP contribution in [0.2, 0.25) is 0 Å². The Kier molecular flexibility index (Phi) is 5.52. The number of likely N-dealkylation sites (N-methyl/N-ethyl adjacent to an activating group) is 1. The molecule has 8 heteroatoms. The lowest BCUT2D eigenvalue weighted by molar-refractivity contribution is 0.261. The number of nitrogens with one attached hydrogen (secondary N) is 2. The quantitative estimate of drug-likeness (QED) is 0.300. The second-order valence-electron chi connectivity index (χ2n) is 8.65.